The van der Waals surface area contributed by atoms with Crippen LogP contribution in [0.5, 0.6) is 0 Å². The van der Waals surface area contributed by atoms with Gasteiger partial charge in [0.15, 0.2) is 0 Å². The Hall–Kier alpha value is 0.893. The Morgan fingerprint density at radius 2 is 1.20 bits per heavy atom. The van der Waals surface area contributed by atoms with Crippen LogP contribution in [0.25, 0.3) is 0 Å². The molecule has 0 saturated heterocycles. The van der Waals surface area contributed by atoms with E-state index in [2.05, 4.69) is 0 Å². The average Bonchev–Trinajstić information content (AvgIpc) is 0.722. The van der Waals surface area contributed by atoms with Crippen molar-refractivity contribution in [2.24, 2.45) is 0 Å². The number of halogens is 4. The topological polar surface area (TPSA) is 0 Å². The van der Waals surface area contributed by atoms with Crippen molar-refractivity contribution in [3.8, 4) is 0 Å². The van der Waals surface area contributed by atoms with Gasteiger partial charge in [0, 0.05) is 0 Å². The molecule has 0 aromatic heterocycles. The van der Waals surface area contributed by atoms with E-state index in [1.165, 1.54) is 0 Å². The van der Waals surface area contributed by atoms with Gasteiger partial charge in [-0.25, -0.2) is 0 Å². The third kappa shape index (κ3) is 51.3. The molecule has 0 aliphatic heterocycles. The van der Waals surface area contributed by atoms with Crippen LogP contribution in [0.3, 0.4) is 0 Å². The SMILES string of the molecule is [F][Zn]([F])([F])[Br]. The van der Waals surface area contributed by atoms with E-state index < -0.39 is 14.3 Å². The Kier molecular flexibility index (Phi) is 1.84. The summed E-state index contributed by atoms with van der Waals surface area (Å²) in [5, 5.41) is 0. The molecule has 0 unspecified atom stereocenters. The van der Waals surface area contributed by atoms with E-state index in [-0.39, 0.29) is 0 Å². The zero-order valence-electron chi connectivity index (χ0n) is 2.22. The van der Waals surface area contributed by atoms with E-state index in [1.54, 1.807) is 13.6 Å². The fourth-order valence-electron chi connectivity index (χ4n) is 0. The fourth-order valence-corrected chi connectivity index (χ4v) is 0. The minimum absolute atomic E-state index is 1.59. The van der Waals surface area contributed by atoms with Crippen LogP contribution in [0.15, 0.2) is 0 Å². The molecule has 5 heavy (non-hydrogen) atoms. The molecule has 0 heterocycles. The average molecular weight is 202 g/mol. The normalized spacial score (nSPS) is 8.80. The predicted octanol–water partition coefficient (Wildman–Crippen LogP) is 2.10. The predicted molar refractivity (Wildman–Crippen MR) is 12.3 cm³/mol. The first-order valence-corrected chi connectivity index (χ1v) is 11.4. The van der Waals surface area contributed by atoms with Gasteiger partial charge < -0.3 is 0 Å². The molecular formula is BrF3Zn. The molecule has 0 atom stereocenters. The van der Waals surface area contributed by atoms with Crippen LogP contribution in [0.4, 0.5) is 9.95 Å². The summed E-state index contributed by atoms with van der Waals surface area (Å²) in [6.07, 6.45) is 0. The Balaban J connectivity index is 3.02. The van der Waals surface area contributed by atoms with Crippen molar-refractivity contribution in [3.63, 3.8) is 0 Å². The zero-order valence-corrected chi connectivity index (χ0v) is 6.77. The maximum absolute atomic E-state index is 10.5. The van der Waals surface area contributed by atoms with Gasteiger partial charge in [0.1, 0.15) is 0 Å². The molecule has 0 saturated carbocycles. The van der Waals surface area contributed by atoms with E-state index in [4.69, 9.17) is 0 Å². The molecule has 0 radical (unpaired) electrons. The van der Waals surface area contributed by atoms with E-state index >= 15 is 0 Å². The van der Waals surface area contributed by atoms with Gasteiger partial charge in [-0.3, -0.25) is 0 Å². The quantitative estimate of drug-likeness (QED) is 0.528. The second-order valence-corrected chi connectivity index (χ2v) is 9.76. The summed E-state index contributed by atoms with van der Waals surface area (Å²) < 4.78 is 31.5. The van der Waals surface area contributed by atoms with E-state index in [0.717, 1.165) is 0 Å². The molecule has 0 spiro atoms. The first-order valence-electron chi connectivity index (χ1n) is 1.07. The van der Waals surface area contributed by atoms with E-state index in [9.17, 15) is 9.95 Å². The van der Waals surface area contributed by atoms with E-state index in [0.29, 0.717) is 0 Å². The van der Waals surface area contributed by atoms with Crippen molar-refractivity contribution in [1.82, 2.24) is 0 Å². The summed E-state index contributed by atoms with van der Waals surface area (Å²) in [4.78, 5) is 0. The Labute approximate surface area is 38.3 Å². The van der Waals surface area contributed by atoms with Crippen molar-refractivity contribution in [2.75, 3.05) is 0 Å². The van der Waals surface area contributed by atoms with Crippen molar-refractivity contribution in [3.05, 3.63) is 0 Å². The van der Waals surface area contributed by atoms with Crippen LogP contribution in [0, 0.1) is 0 Å². The van der Waals surface area contributed by atoms with Gasteiger partial charge in [0.2, 0.25) is 0 Å². The molecule has 0 N–H and O–H groups in total. The summed E-state index contributed by atoms with van der Waals surface area (Å²) in [7, 11) is 0. The van der Waals surface area contributed by atoms with Crippen molar-refractivity contribution in [2.45, 2.75) is 0 Å². The van der Waals surface area contributed by atoms with Crippen LogP contribution in [-0.2, 0) is 14.3 Å². The summed E-state index contributed by atoms with van der Waals surface area (Å²) >= 11 is -4.34. The van der Waals surface area contributed by atoms with Gasteiger partial charge in [-0.05, 0) is 0 Å². The number of hydrogen-bond donors (Lipinski definition) is 0. The molecular weight excluding hydrogens is 202 g/mol. The molecule has 0 amide bonds. The summed E-state index contributed by atoms with van der Waals surface area (Å²) in [5.74, 6) is 0. The molecule has 0 nitrogen and oxygen atoms in total. The second kappa shape index (κ2) is 1.56. The molecule has 0 fully saturated rings. The van der Waals surface area contributed by atoms with Gasteiger partial charge in [0.05, 0.1) is 0 Å². The maximum atomic E-state index is 10.5. The first-order chi connectivity index (χ1) is 2.00. The monoisotopic (exact) mass is 200 g/mol. The van der Waals surface area contributed by atoms with E-state index in [1.807, 2.05) is 0 Å². The second-order valence-electron chi connectivity index (χ2n) is 0.606. The number of hydrogen-bond acceptors (Lipinski definition) is 0. The molecule has 0 aromatic rings. The fraction of sp³-hybridized carbons (Fsp3) is 0. The Morgan fingerprint density at radius 3 is 1.20 bits per heavy atom. The molecule has 5 heteroatoms. The zero-order chi connectivity index (χ0) is 4.50. The molecule has 0 aliphatic carbocycles. The van der Waals surface area contributed by atoms with Crippen molar-refractivity contribution in [1.29, 1.82) is 0 Å². The third-order valence-electron chi connectivity index (χ3n) is 0. The van der Waals surface area contributed by atoms with Crippen LogP contribution < -0.4 is 0 Å². The van der Waals surface area contributed by atoms with Gasteiger partial charge >= 0.3 is 37.9 Å². The molecule has 0 bridgehead atoms. The first kappa shape index (κ1) is 5.89. The molecule has 0 rings (SSSR count). The Morgan fingerprint density at radius 1 is 1.20 bits per heavy atom. The van der Waals surface area contributed by atoms with Gasteiger partial charge in [-0.2, -0.15) is 0 Å². The minimum atomic E-state index is -5.94. The van der Waals surface area contributed by atoms with Crippen LogP contribution in [-0.4, -0.2) is 0 Å². The van der Waals surface area contributed by atoms with Gasteiger partial charge in [-0.1, -0.05) is 0 Å². The standard InChI is InChI=1S/BrH.3FH.Zn/h4*1H;/q;;;;+4/p-4. The van der Waals surface area contributed by atoms with Crippen molar-refractivity contribution < 1.29 is 24.3 Å². The Bertz CT molecular complexity index is 22.4. The van der Waals surface area contributed by atoms with Crippen LogP contribution in [0.1, 0.15) is 0 Å². The summed E-state index contributed by atoms with van der Waals surface area (Å²) in [6, 6.07) is 0. The van der Waals surface area contributed by atoms with Gasteiger partial charge in [-0.15, -0.1) is 0 Å². The van der Waals surface area contributed by atoms with Crippen LogP contribution in [0.2, 0.25) is 0 Å². The van der Waals surface area contributed by atoms with Crippen LogP contribution >= 0.6 is 13.6 Å². The van der Waals surface area contributed by atoms with Gasteiger partial charge in [0.25, 0.3) is 0 Å². The third-order valence-corrected chi connectivity index (χ3v) is 0. The summed E-state index contributed by atoms with van der Waals surface area (Å²) in [6.45, 7) is 0. The summed E-state index contributed by atoms with van der Waals surface area (Å²) in [5.41, 5.74) is 0. The molecule has 0 aliphatic rings. The van der Waals surface area contributed by atoms with Crippen molar-refractivity contribution >= 4 is 13.6 Å². The molecule has 30 valence electrons. The number of rotatable bonds is 0. The molecule has 0 aromatic carbocycles.